The SMILES string of the molecule is CCCC(N)c1cccc(-c2cc(COC)cc(COc3ccccc3)c2)c1. The first-order valence-electron chi connectivity index (χ1n) is 9.85. The van der Waals surface area contributed by atoms with E-state index in [-0.39, 0.29) is 6.04 Å². The fourth-order valence-electron chi connectivity index (χ4n) is 3.37. The van der Waals surface area contributed by atoms with Crippen LogP contribution in [0, 0.1) is 0 Å². The number of methoxy groups -OCH3 is 1. The van der Waals surface area contributed by atoms with Crippen LogP contribution >= 0.6 is 0 Å². The van der Waals surface area contributed by atoms with Crippen LogP contribution in [0.5, 0.6) is 5.75 Å². The van der Waals surface area contributed by atoms with E-state index in [2.05, 4.69) is 49.4 Å². The van der Waals surface area contributed by atoms with Gasteiger partial charge in [-0.1, -0.05) is 55.8 Å². The van der Waals surface area contributed by atoms with Gasteiger partial charge in [0.1, 0.15) is 12.4 Å². The highest BCUT2D eigenvalue weighted by atomic mass is 16.5. The lowest BCUT2D eigenvalue weighted by Gasteiger charge is -2.14. The van der Waals surface area contributed by atoms with Gasteiger partial charge in [0.05, 0.1) is 6.61 Å². The van der Waals surface area contributed by atoms with Crippen molar-refractivity contribution in [3.8, 4) is 16.9 Å². The molecule has 0 aliphatic rings. The molecule has 0 fully saturated rings. The summed E-state index contributed by atoms with van der Waals surface area (Å²) in [5, 5.41) is 0. The molecule has 1 unspecified atom stereocenters. The van der Waals surface area contributed by atoms with Gasteiger partial charge in [-0.2, -0.15) is 0 Å². The number of rotatable bonds is 9. The fraction of sp³-hybridized carbons (Fsp3) is 0.280. The Morgan fingerprint density at radius 1 is 0.821 bits per heavy atom. The van der Waals surface area contributed by atoms with Crippen LogP contribution in [0.4, 0.5) is 0 Å². The molecule has 3 heteroatoms. The molecule has 146 valence electrons. The average Bonchev–Trinajstić information content (AvgIpc) is 2.73. The first-order valence-corrected chi connectivity index (χ1v) is 9.85. The summed E-state index contributed by atoms with van der Waals surface area (Å²) in [5.74, 6) is 0.869. The Labute approximate surface area is 168 Å². The van der Waals surface area contributed by atoms with Crippen molar-refractivity contribution in [2.24, 2.45) is 5.73 Å². The van der Waals surface area contributed by atoms with E-state index >= 15 is 0 Å². The largest absolute Gasteiger partial charge is 0.489 e. The molecule has 0 aliphatic heterocycles. The third kappa shape index (κ3) is 5.44. The summed E-state index contributed by atoms with van der Waals surface area (Å²) in [7, 11) is 1.72. The van der Waals surface area contributed by atoms with Gasteiger partial charge in [0.15, 0.2) is 0 Å². The van der Waals surface area contributed by atoms with Crippen LogP contribution < -0.4 is 10.5 Å². The molecule has 3 nitrogen and oxygen atoms in total. The highest BCUT2D eigenvalue weighted by Gasteiger charge is 2.09. The summed E-state index contributed by atoms with van der Waals surface area (Å²) in [5.41, 5.74) is 12.1. The minimum absolute atomic E-state index is 0.0768. The summed E-state index contributed by atoms with van der Waals surface area (Å²) < 4.78 is 11.3. The number of para-hydroxylation sites is 1. The van der Waals surface area contributed by atoms with Crippen LogP contribution in [0.2, 0.25) is 0 Å². The van der Waals surface area contributed by atoms with Crippen molar-refractivity contribution in [3.63, 3.8) is 0 Å². The zero-order valence-corrected chi connectivity index (χ0v) is 16.7. The summed E-state index contributed by atoms with van der Waals surface area (Å²) in [6.07, 6.45) is 2.07. The molecule has 0 bridgehead atoms. The predicted molar refractivity (Wildman–Crippen MR) is 115 cm³/mol. The molecule has 0 aliphatic carbocycles. The van der Waals surface area contributed by atoms with E-state index in [1.165, 1.54) is 11.1 Å². The van der Waals surface area contributed by atoms with Gasteiger partial charge >= 0.3 is 0 Å². The standard InChI is InChI=1S/C25H29NO2/c1-3-8-25(26)22-10-7-9-21(16-22)23-14-19(17-27-2)13-20(15-23)18-28-24-11-5-4-6-12-24/h4-7,9-16,25H,3,8,17-18,26H2,1-2H3. The number of hydrogen-bond acceptors (Lipinski definition) is 3. The van der Waals surface area contributed by atoms with E-state index < -0.39 is 0 Å². The molecule has 2 N–H and O–H groups in total. The monoisotopic (exact) mass is 375 g/mol. The van der Waals surface area contributed by atoms with Crippen molar-refractivity contribution in [3.05, 3.63) is 89.5 Å². The van der Waals surface area contributed by atoms with Gasteiger partial charge in [-0.05, 0) is 64.6 Å². The van der Waals surface area contributed by atoms with Gasteiger partial charge < -0.3 is 15.2 Å². The number of hydrogen-bond donors (Lipinski definition) is 1. The maximum Gasteiger partial charge on any atom is 0.119 e. The van der Waals surface area contributed by atoms with Crippen molar-refractivity contribution < 1.29 is 9.47 Å². The van der Waals surface area contributed by atoms with E-state index in [0.717, 1.165) is 35.3 Å². The average molecular weight is 376 g/mol. The van der Waals surface area contributed by atoms with Gasteiger partial charge in [-0.25, -0.2) is 0 Å². The Balaban J connectivity index is 1.87. The lowest BCUT2D eigenvalue weighted by atomic mass is 9.95. The van der Waals surface area contributed by atoms with Crippen LogP contribution in [0.15, 0.2) is 72.8 Å². The molecule has 0 saturated carbocycles. The minimum Gasteiger partial charge on any atom is -0.489 e. The predicted octanol–water partition coefficient (Wildman–Crippen LogP) is 5.88. The second-order valence-corrected chi connectivity index (χ2v) is 7.09. The van der Waals surface area contributed by atoms with Gasteiger partial charge in [-0.3, -0.25) is 0 Å². The molecular formula is C25H29NO2. The summed E-state index contributed by atoms with van der Waals surface area (Å²) >= 11 is 0. The fourth-order valence-corrected chi connectivity index (χ4v) is 3.37. The third-order valence-corrected chi connectivity index (χ3v) is 4.76. The number of nitrogens with two attached hydrogens (primary N) is 1. The Kier molecular flexibility index (Phi) is 7.24. The summed E-state index contributed by atoms with van der Waals surface area (Å²) in [6, 6.07) is 25.0. The van der Waals surface area contributed by atoms with Gasteiger partial charge in [0.25, 0.3) is 0 Å². The van der Waals surface area contributed by atoms with Crippen molar-refractivity contribution in [1.29, 1.82) is 0 Å². The van der Waals surface area contributed by atoms with Crippen molar-refractivity contribution in [1.82, 2.24) is 0 Å². The molecule has 0 amide bonds. The molecule has 3 aromatic rings. The quantitative estimate of drug-likeness (QED) is 0.508. The maximum atomic E-state index is 6.33. The molecule has 28 heavy (non-hydrogen) atoms. The molecule has 0 aromatic heterocycles. The lowest BCUT2D eigenvalue weighted by Crippen LogP contribution is -2.09. The van der Waals surface area contributed by atoms with Crippen LogP contribution in [0.25, 0.3) is 11.1 Å². The van der Waals surface area contributed by atoms with E-state index in [1.807, 2.05) is 30.3 Å². The summed E-state index contributed by atoms with van der Waals surface area (Å²) in [6.45, 7) is 3.25. The van der Waals surface area contributed by atoms with Crippen molar-refractivity contribution >= 4 is 0 Å². The summed E-state index contributed by atoms with van der Waals surface area (Å²) in [4.78, 5) is 0. The van der Waals surface area contributed by atoms with Crippen LogP contribution in [-0.2, 0) is 18.0 Å². The smallest absolute Gasteiger partial charge is 0.119 e. The normalized spacial score (nSPS) is 12.0. The number of benzene rings is 3. The Bertz CT molecular complexity index is 877. The molecule has 3 aromatic carbocycles. The topological polar surface area (TPSA) is 44.5 Å². The van der Waals surface area contributed by atoms with Crippen molar-refractivity contribution in [2.75, 3.05) is 7.11 Å². The zero-order chi connectivity index (χ0) is 19.8. The van der Waals surface area contributed by atoms with Crippen molar-refractivity contribution in [2.45, 2.75) is 39.0 Å². The molecule has 3 rings (SSSR count). The highest BCUT2D eigenvalue weighted by molar-refractivity contribution is 5.66. The number of ether oxygens (including phenoxy) is 2. The first kappa shape index (κ1) is 20.1. The molecule has 0 spiro atoms. The van der Waals surface area contributed by atoms with Crippen LogP contribution in [0.1, 0.15) is 42.5 Å². The minimum atomic E-state index is 0.0768. The zero-order valence-electron chi connectivity index (χ0n) is 16.7. The van der Waals surface area contributed by atoms with E-state index in [9.17, 15) is 0 Å². The first-order chi connectivity index (χ1) is 13.7. The van der Waals surface area contributed by atoms with E-state index in [4.69, 9.17) is 15.2 Å². The lowest BCUT2D eigenvalue weighted by molar-refractivity contribution is 0.184. The second kappa shape index (κ2) is 10.1. The third-order valence-electron chi connectivity index (χ3n) is 4.76. The molecular weight excluding hydrogens is 346 g/mol. The Morgan fingerprint density at radius 3 is 2.29 bits per heavy atom. The molecule has 0 heterocycles. The van der Waals surface area contributed by atoms with Crippen LogP contribution in [-0.4, -0.2) is 7.11 Å². The Morgan fingerprint density at radius 2 is 1.57 bits per heavy atom. The van der Waals surface area contributed by atoms with Gasteiger partial charge in [0, 0.05) is 13.2 Å². The highest BCUT2D eigenvalue weighted by Crippen LogP contribution is 2.27. The Hall–Kier alpha value is -2.62. The van der Waals surface area contributed by atoms with Crippen LogP contribution in [0.3, 0.4) is 0 Å². The van der Waals surface area contributed by atoms with Gasteiger partial charge in [0.2, 0.25) is 0 Å². The van der Waals surface area contributed by atoms with E-state index in [0.29, 0.717) is 13.2 Å². The molecule has 0 radical (unpaired) electrons. The molecule has 0 saturated heterocycles. The maximum absolute atomic E-state index is 6.33. The van der Waals surface area contributed by atoms with E-state index in [1.54, 1.807) is 7.11 Å². The second-order valence-electron chi connectivity index (χ2n) is 7.09. The van der Waals surface area contributed by atoms with Gasteiger partial charge in [-0.15, -0.1) is 0 Å². The molecule has 1 atom stereocenters.